The van der Waals surface area contributed by atoms with Gasteiger partial charge in [-0.3, -0.25) is 9.67 Å². The van der Waals surface area contributed by atoms with Crippen molar-refractivity contribution in [2.75, 3.05) is 11.1 Å². The van der Waals surface area contributed by atoms with Gasteiger partial charge in [0, 0.05) is 19.0 Å². The van der Waals surface area contributed by atoms with Gasteiger partial charge in [-0.15, -0.1) is 0 Å². The Kier molecular flexibility index (Phi) is 2.50. The number of anilines is 1. The van der Waals surface area contributed by atoms with Crippen LogP contribution in [0.2, 0.25) is 0 Å². The monoisotopic (exact) mass is 224 g/mol. The van der Waals surface area contributed by atoms with E-state index in [1.165, 1.54) is 0 Å². The molecule has 0 bridgehead atoms. The topological polar surface area (TPSA) is 42.2 Å². The van der Waals surface area contributed by atoms with Gasteiger partial charge in [0.25, 0.3) is 0 Å². The quantitative estimate of drug-likeness (QED) is 0.793. The Morgan fingerprint density at radius 2 is 2.27 bits per heavy atom. The van der Waals surface area contributed by atoms with Crippen LogP contribution in [0.4, 0.5) is 5.69 Å². The van der Waals surface area contributed by atoms with Crippen LogP contribution in [-0.2, 0) is 7.05 Å². The molecule has 0 saturated heterocycles. The maximum Gasteiger partial charge on any atom is 0.161 e. The number of hydrogen-bond acceptors (Lipinski definition) is 4. The van der Waals surface area contributed by atoms with Crippen molar-refractivity contribution in [1.29, 1.82) is 0 Å². The van der Waals surface area contributed by atoms with Gasteiger partial charge in [0.15, 0.2) is 5.17 Å². The van der Waals surface area contributed by atoms with Crippen molar-refractivity contribution in [2.45, 2.75) is 26.3 Å². The Labute approximate surface area is 94.2 Å². The zero-order valence-electron chi connectivity index (χ0n) is 9.53. The number of thioether (sulfide) groups is 1. The third-order valence-corrected chi connectivity index (χ3v) is 3.54. The van der Waals surface area contributed by atoms with Gasteiger partial charge in [0.2, 0.25) is 0 Å². The van der Waals surface area contributed by atoms with E-state index in [1.807, 2.05) is 24.9 Å². The number of nitrogens with zero attached hydrogens (tertiary/aromatic N) is 3. The molecule has 2 rings (SSSR count). The molecule has 15 heavy (non-hydrogen) atoms. The van der Waals surface area contributed by atoms with Crippen LogP contribution in [0.5, 0.6) is 0 Å². The van der Waals surface area contributed by atoms with Crippen LogP contribution in [0.25, 0.3) is 0 Å². The van der Waals surface area contributed by atoms with E-state index in [-0.39, 0.29) is 5.54 Å². The Bertz CT molecular complexity index is 406. The lowest BCUT2D eigenvalue weighted by atomic mass is 10.1. The molecular weight excluding hydrogens is 208 g/mol. The molecule has 0 unspecified atom stereocenters. The molecule has 82 valence electrons. The molecule has 1 aromatic heterocycles. The second-order valence-corrected chi connectivity index (χ2v) is 5.41. The van der Waals surface area contributed by atoms with Crippen molar-refractivity contribution in [2.24, 2.45) is 12.0 Å². The predicted octanol–water partition coefficient (Wildman–Crippen LogP) is 2.02. The minimum atomic E-state index is 0.0586. The number of aryl methyl sites for hydroxylation is 2. The SMILES string of the molecule is Cc1nn(C)cc1NC1=NC(C)(C)CS1. The average Bonchev–Trinajstić information content (AvgIpc) is 2.57. The molecule has 1 N–H and O–H groups in total. The molecule has 1 aromatic rings. The first-order valence-electron chi connectivity index (χ1n) is 4.96. The number of hydrogen-bond donors (Lipinski definition) is 1. The summed E-state index contributed by atoms with van der Waals surface area (Å²) in [6, 6.07) is 0. The number of amidine groups is 1. The summed E-state index contributed by atoms with van der Waals surface area (Å²) >= 11 is 1.76. The fourth-order valence-corrected chi connectivity index (χ4v) is 2.53. The van der Waals surface area contributed by atoms with Crippen molar-refractivity contribution in [3.63, 3.8) is 0 Å². The summed E-state index contributed by atoms with van der Waals surface area (Å²) in [7, 11) is 1.92. The minimum Gasteiger partial charge on any atom is -0.332 e. The minimum absolute atomic E-state index is 0.0586. The van der Waals surface area contributed by atoms with Gasteiger partial charge in [-0.25, -0.2) is 0 Å². The molecule has 0 amide bonds. The first-order chi connectivity index (χ1) is 6.96. The molecular formula is C10H16N4S. The second-order valence-electron chi connectivity index (χ2n) is 4.44. The molecule has 4 nitrogen and oxygen atoms in total. The van der Waals surface area contributed by atoms with E-state index in [9.17, 15) is 0 Å². The number of rotatable bonds is 1. The standard InChI is InChI=1S/C10H16N4S/c1-7-8(5-14(4)13-7)11-9-12-10(2,3)6-15-9/h5H,6H2,1-4H3,(H,11,12). The third-order valence-electron chi connectivity index (χ3n) is 2.22. The van der Waals surface area contributed by atoms with Crippen molar-refractivity contribution < 1.29 is 0 Å². The lowest BCUT2D eigenvalue weighted by molar-refractivity contribution is 0.605. The van der Waals surface area contributed by atoms with Crippen LogP contribution in [0, 0.1) is 6.92 Å². The lowest BCUT2D eigenvalue weighted by Crippen LogP contribution is -2.15. The molecule has 0 atom stereocenters. The highest BCUT2D eigenvalue weighted by molar-refractivity contribution is 8.14. The van der Waals surface area contributed by atoms with Gasteiger partial charge in [0.05, 0.1) is 16.9 Å². The average molecular weight is 224 g/mol. The molecule has 0 saturated carbocycles. The Hall–Kier alpha value is -0.970. The van der Waals surface area contributed by atoms with E-state index in [1.54, 1.807) is 11.8 Å². The summed E-state index contributed by atoms with van der Waals surface area (Å²) in [6.07, 6.45) is 1.98. The summed E-state index contributed by atoms with van der Waals surface area (Å²) in [5, 5.41) is 8.59. The number of nitrogens with one attached hydrogen (secondary N) is 1. The van der Waals surface area contributed by atoms with Gasteiger partial charge in [-0.05, 0) is 20.8 Å². The molecule has 0 aliphatic carbocycles. The van der Waals surface area contributed by atoms with Crippen LogP contribution in [0.15, 0.2) is 11.2 Å². The van der Waals surface area contributed by atoms with Gasteiger partial charge >= 0.3 is 0 Å². The highest BCUT2D eigenvalue weighted by Crippen LogP contribution is 2.28. The summed E-state index contributed by atoms with van der Waals surface area (Å²) in [5.74, 6) is 1.04. The molecule has 1 aliphatic heterocycles. The maximum atomic E-state index is 4.60. The molecule has 0 fully saturated rings. The summed E-state index contributed by atoms with van der Waals surface area (Å²) in [6.45, 7) is 6.28. The van der Waals surface area contributed by atoms with E-state index < -0.39 is 0 Å². The van der Waals surface area contributed by atoms with Crippen LogP contribution in [0.3, 0.4) is 0 Å². The molecule has 2 heterocycles. The van der Waals surface area contributed by atoms with Crippen molar-refractivity contribution in [3.8, 4) is 0 Å². The van der Waals surface area contributed by atoms with E-state index in [2.05, 4.69) is 29.3 Å². The van der Waals surface area contributed by atoms with Gasteiger partial charge < -0.3 is 5.32 Å². The van der Waals surface area contributed by atoms with Gasteiger partial charge in [0.1, 0.15) is 0 Å². The van der Waals surface area contributed by atoms with Crippen molar-refractivity contribution in [3.05, 3.63) is 11.9 Å². The zero-order chi connectivity index (χ0) is 11.1. The Morgan fingerprint density at radius 1 is 1.53 bits per heavy atom. The van der Waals surface area contributed by atoms with E-state index in [0.29, 0.717) is 0 Å². The fourth-order valence-electron chi connectivity index (χ4n) is 1.49. The first kappa shape index (κ1) is 10.5. The summed E-state index contributed by atoms with van der Waals surface area (Å²) in [5.41, 5.74) is 2.11. The Balaban J connectivity index is 2.14. The highest BCUT2D eigenvalue weighted by atomic mass is 32.2. The Morgan fingerprint density at radius 3 is 2.73 bits per heavy atom. The van der Waals surface area contributed by atoms with Crippen LogP contribution < -0.4 is 5.32 Å². The fraction of sp³-hybridized carbons (Fsp3) is 0.600. The largest absolute Gasteiger partial charge is 0.332 e. The predicted molar refractivity (Wildman–Crippen MR) is 65.5 cm³/mol. The third kappa shape index (κ3) is 2.34. The second kappa shape index (κ2) is 3.56. The molecule has 5 heteroatoms. The van der Waals surface area contributed by atoms with E-state index in [4.69, 9.17) is 0 Å². The molecule has 0 radical (unpaired) electrons. The number of aliphatic imine (C=N–C) groups is 1. The van der Waals surface area contributed by atoms with Crippen LogP contribution >= 0.6 is 11.8 Å². The van der Waals surface area contributed by atoms with E-state index >= 15 is 0 Å². The molecule has 1 aliphatic rings. The summed E-state index contributed by atoms with van der Waals surface area (Å²) in [4.78, 5) is 4.60. The normalized spacial score (nSPS) is 19.1. The van der Waals surface area contributed by atoms with Gasteiger partial charge in [-0.1, -0.05) is 11.8 Å². The zero-order valence-corrected chi connectivity index (χ0v) is 10.4. The van der Waals surface area contributed by atoms with Crippen molar-refractivity contribution in [1.82, 2.24) is 9.78 Å². The molecule has 0 aromatic carbocycles. The van der Waals surface area contributed by atoms with Gasteiger partial charge in [-0.2, -0.15) is 5.10 Å². The first-order valence-corrected chi connectivity index (χ1v) is 5.95. The summed E-state index contributed by atoms with van der Waals surface area (Å²) < 4.78 is 1.81. The highest BCUT2D eigenvalue weighted by Gasteiger charge is 2.25. The maximum absolute atomic E-state index is 4.60. The van der Waals surface area contributed by atoms with Crippen LogP contribution in [-0.4, -0.2) is 26.2 Å². The molecule has 0 spiro atoms. The van der Waals surface area contributed by atoms with Crippen LogP contribution in [0.1, 0.15) is 19.5 Å². The van der Waals surface area contributed by atoms with E-state index in [0.717, 1.165) is 22.3 Å². The lowest BCUT2D eigenvalue weighted by Gasteiger charge is -2.09. The van der Waals surface area contributed by atoms with Crippen molar-refractivity contribution >= 4 is 22.6 Å². The number of aromatic nitrogens is 2. The smallest absolute Gasteiger partial charge is 0.161 e.